The molecule has 188 valence electrons. The summed E-state index contributed by atoms with van der Waals surface area (Å²) in [7, 11) is 0. The van der Waals surface area contributed by atoms with E-state index in [0.717, 1.165) is 11.1 Å². The van der Waals surface area contributed by atoms with Crippen molar-refractivity contribution in [2.24, 2.45) is 0 Å². The van der Waals surface area contributed by atoms with Crippen LogP contribution in [0.1, 0.15) is 27.0 Å². The Kier molecular flexibility index (Phi) is 7.73. The van der Waals surface area contributed by atoms with E-state index >= 15 is 0 Å². The SMILES string of the molecule is Cc1ccc(F)c(CC(=O)Cc2ccc(Oc3ccnc(-c4cc(C(=O)NCC(=O)O)c[nH]4)c3)cc2)c1. The number of ketones is 1. The Labute approximate surface area is 212 Å². The number of carboxylic acids is 1. The van der Waals surface area contributed by atoms with Crippen LogP contribution in [0.4, 0.5) is 4.39 Å². The number of rotatable bonds is 10. The maximum atomic E-state index is 13.9. The van der Waals surface area contributed by atoms with Crippen LogP contribution in [-0.2, 0) is 22.4 Å². The summed E-state index contributed by atoms with van der Waals surface area (Å²) in [6.45, 7) is 1.38. The van der Waals surface area contributed by atoms with E-state index in [2.05, 4.69) is 15.3 Å². The molecule has 0 atom stereocenters. The third kappa shape index (κ3) is 6.88. The standard InChI is InChI=1S/C28H24FN3O5/c1-17-2-7-24(29)19(10-17)12-21(33)11-18-3-5-22(6-4-18)37-23-8-9-30-26(14-23)25-13-20(15-31-25)28(36)32-16-27(34)35/h2-10,13-15,31H,11-12,16H2,1H3,(H,32,36)(H,34,35). The van der Waals surface area contributed by atoms with Crippen LogP contribution < -0.4 is 10.1 Å². The van der Waals surface area contributed by atoms with Gasteiger partial charge in [-0.05, 0) is 48.4 Å². The summed E-state index contributed by atoms with van der Waals surface area (Å²) in [6, 6.07) is 16.7. The average molecular weight is 502 g/mol. The lowest BCUT2D eigenvalue weighted by Crippen LogP contribution is -2.28. The van der Waals surface area contributed by atoms with E-state index in [9.17, 15) is 18.8 Å². The molecular formula is C28H24FN3O5. The summed E-state index contributed by atoms with van der Waals surface area (Å²) in [5, 5.41) is 11.0. The minimum atomic E-state index is -1.13. The molecule has 8 nitrogen and oxygen atoms in total. The zero-order chi connectivity index (χ0) is 26.4. The Balaban J connectivity index is 1.37. The number of pyridine rings is 1. The second-order valence-corrected chi connectivity index (χ2v) is 8.49. The average Bonchev–Trinajstić information content (AvgIpc) is 3.37. The topological polar surface area (TPSA) is 121 Å². The number of benzene rings is 2. The van der Waals surface area contributed by atoms with Crippen LogP contribution >= 0.6 is 0 Å². The van der Waals surface area contributed by atoms with Crippen molar-refractivity contribution < 1.29 is 28.6 Å². The molecule has 0 unspecified atom stereocenters. The minimum absolute atomic E-state index is 0.0350. The molecular weight excluding hydrogens is 477 g/mol. The second-order valence-electron chi connectivity index (χ2n) is 8.49. The maximum Gasteiger partial charge on any atom is 0.322 e. The number of carbonyl (C=O) groups excluding carboxylic acids is 2. The molecule has 9 heteroatoms. The van der Waals surface area contributed by atoms with Crippen LogP contribution in [0, 0.1) is 12.7 Å². The van der Waals surface area contributed by atoms with Gasteiger partial charge in [-0.1, -0.05) is 29.8 Å². The van der Waals surface area contributed by atoms with Gasteiger partial charge in [-0.25, -0.2) is 4.39 Å². The fourth-order valence-electron chi connectivity index (χ4n) is 3.71. The molecule has 0 bridgehead atoms. The van der Waals surface area contributed by atoms with E-state index in [-0.39, 0.29) is 30.0 Å². The number of hydrogen-bond acceptors (Lipinski definition) is 5. The normalized spacial score (nSPS) is 10.6. The number of aromatic nitrogens is 2. The molecule has 2 aromatic heterocycles. The van der Waals surface area contributed by atoms with Gasteiger partial charge in [0.05, 0.1) is 17.0 Å². The first kappa shape index (κ1) is 25.3. The summed E-state index contributed by atoms with van der Waals surface area (Å²) in [5.41, 5.74) is 3.46. The van der Waals surface area contributed by atoms with Gasteiger partial charge in [-0.3, -0.25) is 19.4 Å². The Morgan fingerprint density at radius 1 is 1.00 bits per heavy atom. The summed E-state index contributed by atoms with van der Waals surface area (Å²) >= 11 is 0. The van der Waals surface area contributed by atoms with Gasteiger partial charge < -0.3 is 20.1 Å². The van der Waals surface area contributed by atoms with Crippen molar-refractivity contribution in [1.29, 1.82) is 0 Å². The lowest BCUT2D eigenvalue weighted by molar-refractivity contribution is -0.135. The van der Waals surface area contributed by atoms with Gasteiger partial charge in [0.1, 0.15) is 29.6 Å². The molecule has 3 N–H and O–H groups in total. The van der Waals surface area contributed by atoms with Gasteiger partial charge in [0.15, 0.2) is 0 Å². The van der Waals surface area contributed by atoms with E-state index in [1.54, 1.807) is 60.8 Å². The molecule has 0 aliphatic heterocycles. The first-order valence-electron chi connectivity index (χ1n) is 11.4. The molecule has 0 aliphatic rings. The zero-order valence-corrected chi connectivity index (χ0v) is 20.0. The highest BCUT2D eigenvalue weighted by Gasteiger charge is 2.13. The number of hydrogen-bond donors (Lipinski definition) is 3. The van der Waals surface area contributed by atoms with Gasteiger partial charge in [-0.2, -0.15) is 0 Å². The lowest BCUT2D eigenvalue weighted by Gasteiger charge is -2.08. The molecule has 37 heavy (non-hydrogen) atoms. The number of ether oxygens (including phenoxy) is 1. The predicted molar refractivity (Wildman–Crippen MR) is 134 cm³/mol. The third-order valence-electron chi connectivity index (χ3n) is 5.50. The summed E-state index contributed by atoms with van der Waals surface area (Å²) < 4.78 is 19.9. The quantitative estimate of drug-likeness (QED) is 0.295. The number of carboxylic acid groups (broad SMARTS) is 1. The molecule has 2 heterocycles. The van der Waals surface area contributed by atoms with Crippen LogP contribution in [0.25, 0.3) is 11.4 Å². The first-order valence-corrected chi connectivity index (χ1v) is 11.4. The summed E-state index contributed by atoms with van der Waals surface area (Å²) in [6.07, 6.45) is 3.25. The van der Waals surface area contributed by atoms with Gasteiger partial charge in [0, 0.05) is 31.3 Å². The Hall–Kier alpha value is -4.79. The van der Waals surface area contributed by atoms with Crippen molar-refractivity contribution in [2.45, 2.75) is 19.8 Å². The van der Waals surface area contributed by atoms with Crippen LogP contribution in [-0.4, -0.2) is 39.3 Å². The van der Waals surface area contributed by atoms with Crippen LogP contribution in [0.15, 0.2) is 73.1 Å². The van der Waals surface area contributed by atoms with Crippen molar-refractivity contribution in [2.75, 3.05) is 6.54 Å². The maximum absolute atomic E-state index is 13.9. The van der Waals surface area contributed by atoms with Crippen molar-refractivity contribution in [3.63, 3.8) is 0 Å². The van der Waals surface area contributed by atoms with Gasteiger partial charge in [-0.15, -0.1) is 0 Å². The fourth-order valence-corrected chi connectivity index (χ4v) is 3.71. The van der Waals surface area contributed by atoms with Crippen LogP contribution in [0.2, 0.25) is 0 Å². The molecule has 4 aromatic rings. The number of amides is 1. The lowest BCUT2D eigenvalue weighted by atomic mass is 10.0. The molecule has 0 aliphatic carbocycles. The summed E-state index contributed by atoms with van der Waals surface area (Å²) in [5.74, 6) is -1.04. The number of halogens is 1. The molecule has 4 rings (SSSR count). The predicted octanol–water partition coefficient (Wildman–Crippen LogP) is 4.49. The molecule has 2 aromatic carbocycles. The van der Waals surface area contributed by atoms with E-state index in [1.807, 2.05) is 6.92 Å². The number of nitrogens with zero attached hydrogens (tertiary/aromatic N) is 1. The largest absolute Gasteiger partial charge is 0.480 e. The van der Waals surface area contributed by atoms with Gasteiger partial charge in [0.25, 0.3) is 5.91 Å². The van der Waals surface area contributed by atoms with Crippen molar-refractivity contribution in [3.05, 3.63) is 101 Å². The van der Waals surface area contributed by atoms with Crippen molar-refractivity contribution in [1.82, 2.24) is 15.3 Å². The Morgan fingerprint density at radius 3 is 2.54 bits per heavy atom. The Bertz CT molecular complexity index is 1450. The van der Waals surface area contributed by atoms with Crippen LogP contribution in [0.3, 0.4) is 0 Å². The molecule has 0 fully saturated rings. The molecule has 1 amide bonds. The van der Waals surface area contributed by atoms with Crippen molar-refractivity contribution >= 4 is 17.7 Å². The highest BCUT2D eigenvalue weighted by Crippen LogP contribution is 2.26. The third-order valence-corrected chi connectivity index (χ3v) is 5.50. The fraction of sp³-hybridized carbons (Fsp3) is 0.143. The van der Waals surface area contributed by atoms with E-state index in [0.29, 0.717) is 28.5 Å². The molecule has 0 radical (unpaired) electrons. The monoisotopic (exact) mass is 501 g/mol. The number of aromatic amines is 1. The van der Waals surface area contributed by atoms with Gasteiger partial charge >= 0.3 is 5.97 Å². The summed E-state index contributed by atoms with van der Waals surface area (Å²) in [4.78, 5) is 42.4. The van der Waals surface area contributed by atoms with E-state index in [4.69, 9.17) is 9.84 Å². The number of Topliss-reactive ketones (excluding diaryl/α,β-unsaturated/α-hetero) is 1. The molecule has 0 saturated heterocycles. The Morgan fingerprint density at radius 2 is 1.78 bits per heavy atom. The first-order chi connectivity index (χ1) is 17.8. The number of nitrogens with one attached hydrogen (secondary N) is 2. The number of aryl methyl sites for hydroxylation is 1. The molecule has 0 spiro atoms. The minimum Gasteiger partial charge on any atom is -0.480 e. The highest BCUT2D eigenvalue weighted by atomic mass is 19.1. The number of H-pyrrole nitrogens is 1. The highest BCUT2D eigenvalue weighted by molar-refractivity contribution is 5.96. The number of carbonyl (C=O) groups is 3. The van der Waals surface area contributed by atoms with E-state index < -0.39 is 18.4 Å². The zero-order valence-electron chi connectivity index (χ0n) is 20.0. The second kappa shape index (κ2) is 11.3. The molecule has 0 saturated carbocycles. The van der Waals surface area contributed by atoms with Gasteiger partial charge in [0.2, 0.25) is 0 Å². The van der Waals surface area contributed by atoms with Crippen LogP contribution in [0.5, 0.6) is 11.5 Å². The number of aliphatic carboxylic acids is 1. The smallest absolute Gasteiger partial charge is 0.322 e. The van der Waals surface area contributed by atoms with Crippen molar-refractivity contribution in [3.8, 4) is 22.9 Å². The van der Waals surface area contributed by atoms with E-state index in [1.165, 1.54) is 12.3 Å².